The van der Waals surface area contributed by atoms with Gasteiger partial charge in [0.25, 0.3) is 0 Å². The lowest BCUT2D eigenvalue weighted by Gasteiger charge is -2.44. The Morgan fingerprint density at radius 3 is 2.38 bits per heavy atom. The molecule has 1 N–H and O–H groups in total. The van der Waals surface area contributed by atoms with Crippen molar-refractivity contribution in [3.8, 4) is 6.07 Å². The zero-order valence-electron chi connectivity index (χ0n) is 9.43. The molecule has 0 aromatic heterocycles. The van der Waals surface area contributed by atoms with E-state index >= 15 is 0 Å². The average molecular weight is 235 g/mol. The lowest BCUT2D eigenvalue weighted by molar-refractivity contribution is -0.209. The molecule has 16 heavy (non-hydrogen) atoms. The first-order chi connectivity index (χ1) is 7.12. The van der Waals surface area contributed by atoms with Gasteiger partial charge in [-0.3, -0.25) is 0 Å². The SMILES string of the molecule is CC(C)(C#N)C1(O)CCCC(C(F)(F)F)C1. The highest BCUT2D eigenvalue weighted by atomic mass is 19.4. The molecule has 0 radical (unpaired) electrons. The molecule has 1 aliphatic rings. The lowest BCUT2D eigenvalue weighted by atomic mass is 9.65. The summed E-state index contributed by atoms with van der Waals surface area (Å²) in [6, 6.07) is 1.91. The number of nitrogens with zero attached hydrogens (tertiary/aromatic N) is 1. The van der Waals surface area contributed by atoms with E-state index in [9.17, 15) is 18.3 Å². The van der Waals surface area contributed by atoms with Gasteiger partial charge >= 0.3 is 6.18 Å². The van der Waals surface area contributed by atoms with Crippen molar-refractivity contribution >= 4 is 0 Å². The van der Waals surface area contributed by atoms with Crippen molar-refractivity contribution in [1.82, 2.24) is 0 Å². The topological polar surface area (TPSA) is 44.0 Å². The number of hydrogen-bond acceptors (Lipinski definition) is 2. The maximum atomic E-state index is 12.6. The van der Waals surface area contributed by atoms with Crippen LogP contribution in [-0.2, 0) is 0 Å². The standard InChI is InChI=1S/C11H16F3NO/c1-9(2,7-15)10(16)5-3-4-8(6-10)11(12,13)14/h8,16H,3-6H2,1-2H3. The van der Waals surface area contributed by atoms with Crippen molar-refractivity contribution in [2.75, 3.05) is 0 Å². The molecule has 0 aromatic carbocycles. The Balaban J connectivity index is 2.89. The van der Waals surface area contributed by atoms with Crippen LogP contribution < -0.4 is 0 Å². The summed E-state index contributed by atoms with van der Waals surface area (Å²) >= 11 is 0. The molecule has 2 nitrogen and oxygen atoms in total. The van der Waals surface area contributed by atoms with Gasteiger partial charge in [0.2, 0.25) is 0 Å². The van der Waals surface area contributed by atoms with Crippen LogP contribution in [0.4, 0.5) is 13.2 Å². The predicted molar refractivity (Wildman–Crippen MR) is 52.4 cm³/mol. The smallest absolute Gasteiger partial charge is 0.388 e. The van der Waals surface area contributed by atoms with Crippen LogP contribution in [0, 0.1) is 22.7 Å². The first kappa shape index (κ1) is 13.3. The monoisotopic (exact) mass is 235 g/mol. The molecule has 2 unspecified atom stereocenters. The second-order valence-corrected chi connectivity index (χ2v) is 5.10. The highest BCUT2D eigenvalue weighted by Gasteiger charge is 2.52. The highest BCUT2D eigenvalue weighted by molar-refractivity contribution is 5.08. The molecule has 0 aliphatic heterocycles. The number of rotatable bonds is 1. The average Bonchev–Trinajstić information content (AvgIpc) is 2.16. The summed E-state index contributed by atoms with van der Waals surface area (Å²) in [6.07, 6.45) is -4.02. The first-order valence-corrected chi connectivity index (χ1v) is 5.33. The maximum absolute atomic E-state index is 12.6. The molecule has 1 fully saturated rings. The molecule has 1 rings (SSSR count). The van der Waals surface area contributed by atoms with E-state index in [2.05, 4.69) is 0 Å². The van der Waals surface area contributed by atoms with Crippen LogP contribution in [0.25, 0.3) is 0 Å². The van der Waals surface area contributed by atoms with Gasteiger partial charge in [-0.05, 0) is 39.5 Å². The van der Waals surface area contributed by atoms with E-state index in [0.29, 0.717) is 6.42 Å². The maximum Gasteiger partial charge on any atom is 0.391 e. The minimum Gasteiger partial charge on any atom is -0.388 e. The zero-order chi connectivity index (χ0) is 12.6. The molecule has 0 saturated heterocycles. The van der Waals surface area contributed by atoms with Crippen molar-refractivity contribution in [2.45, 2.75) is 51.3 Å². The number of halogens is 3. The molecular formula is C11H16F3NO. The summed E-state index contributed by atoms with van der Waals surface area (Å²) in [5.74, 6) is -1.49. The summed E-state index contributed by atoms with van der Waals surface area (Å²) < 4.78 is 37.7. The summed E-state index contributed by atoms with van der Waals surface area (Å²) in [4.78, 5) is 0. The third-order valence-electron chi connectivity index (χ3n) is 3.63. The Hall–Kier alpha value is -0.760. The first-order valence-electron chi connectivity index (χ1n) is 5.33. The zero-order valence-corrected chi connectivity index (χ0v) is 9.43. The molecule has 2 atom stereocenters. The van der Waals surface area contributed by atoms with Crippen LogP contribution in [0.2, 0.25) is 0 Å². The van der Waals surface area contributed by atoms with E-state index in [-0.39, 0.29) is 19.3 Å². The molecule has 0 heterocycles. The Bertz CT molecular complexity index is 305. The van der Waals surface area contributed by atoms with Gasteiger partial charge < -0.3 is 5.11 Å². The quantitative estimate of drug-likeness (QED) is 0.759. The van der Waals surface area contributed by atoms with Crippen molar-refractivity contribution in [2.24, 2.45) is 11.3 Å². The fourth-order valence-electron chi connectivity index (χ4n) is 2.20. The third kappa shape index (κ3) is 2.32. The predicted octanol–water partition coefficient (Wildman–Crippen LogP) is 3.02. The normalized spacial score (nSPS) is 32.2. The van der Waals surface area contributed by atoms with E-state index < -0.39 is 23.1 Å². The van der Waals surface area contributed by atoms with Crippen LogP contribution in [0.15, 0.2) is 0 Å². The molecule has 0 spiro atoms. The van der Waals surface area contributed by atoms with Crippen LogP contribution >= 0.6 is 0 Å². The second-order valence-electron chi connectivity index (χ2n) is 5.10. The Kier molecular flexibility index (Phi) is 3.26. The van der Waals surface area contributed by atoms with E-state index in [1.165, 1.54) is 13.8 Å². The minimum absolute atomic E-state index is 0.0489. The van der Waals surface area contributed by atoms with Crippen LogP contribution in [0.3, 0.4) is 0 Å². The van der Waals surface area contributed by atoms with Crippen LogP contribution in [0.1, 0.15) is 39.5 Å². The van der Waals surface area contributed by atoms with Gasteiger partial charge in [0, 0.05) is 0 Å². The van der Waals surface area contributed by atoms with E-state index in [4.69, 9.17) is 5.26 Å². The molecular weight excluding hydrogens is 219 g/mol. The van der Waals surface area contributed by atoms with Gasteiger partial charge in [-0.1, -0.05) is 0 Å². The third-order valence-corrected chi connectivity index (χ3v) is 3.63. The van der Waals surface area contributed by atoms with Gasteiger partial charge in [-0.2, -0.15) is 18.4 Å². The van der Waals surface area contributed by atoms with Gasteiger partial charge in [-0.15, -0.1) is 0 Å². The van der Waals surface area contributed by atoms with Crippen molar-refractivity contribution in [3.05, 3.63) is 0 Å². The van der Waals surface area contributed by atoms with Gasteiger partial charge in [-0.25, -0.2) is 0 Å². The van der Waals surface area contributed by atoms with E-state index in [1.807, 2.05) is 6.07 Å². The largest absolute Gasteiger partial charge is 0.391 e. The summed E-state index contributed by atoms with van der Waals surface area (Å²) in [5.41, 5.74) is -2.67. The number of nitriles is 1. The van der Waals surface area contributed by atoms with Crippen molar-refractivity contribution in [3.63, 3.8) is 0 Å². The van der Waals surface area contributed by atoms with E-state index in [0.717, 1.165) is 0 Å². The second kappa shape index (κ2) is 3.92. The number of aliphatic hydroxyl groups is 1. The molecule has 0 bridgehead atoms. The summed E-state index contributed by atoms with van der Waals surface area (Å²) in [6.45, 7) is 2.98. The van der Waals surface area contributed by atoms with Crippen molar-refractivity contribution < 1.29 is 18.3 Å². The lowest BCUT2D eigenvalue weighted by Crippen LogP contribution is -2.49. The molecule has 92 valence electrons. The van der Waals surface area contributed by atoms with Crippen LogP contribution in [-0.4, -0.2) is 16.9 Å². The number of hydrogen-bond donors (Lipinski definition) is 1. The molecule has 1 saturated carbocycles. The fraction of sp³-hybridized carbons (Fsp3) is 0.909. The minimum atomic E-state index is -4.28. The molecule has 0 amide bonds. The molecule has 0 aromatic rings. The Labute approximate surface area is 93.1 Å². The summed E-state index contributed by atoms with van der Waals surface area (Å²) in [7, 11) is 0. The molecule has 5 heteroatoms. The van der Waals surface area contributed by atoms with Crippen LogP contribution in [0.5, 0.6) is 0 Å². The number of alkyl halides is 3. The van der Waals surface area contributed by atoms with Gasteiger partial charge in [0.1, 0.15) is 0 Å². The Morgan fingerprint density at radius 2 is 1.94 bits per heavy atom. The summed E-state index contributed by atoms with van der Waals surface area (Å²) in [5, 5.41) is 19.1. The highest BCUT2D eigenvalue weighted by Crippen LogP contribution is 2.48. The van der Waals surface area contributed by atoms with Gasteiger partial charge in [0.15, 0.2) is 0 Å². The van der Waals surface area contributed by atoms with Gasteiger partial charge in [0.05, 0.1) is 23.0 Å². The fourth-order valence-corrected chi connectivity index (χ4v) is 2.20. The van der Waals surface area contributed by atoms with E-state index in [1.54, 1.807) is 0 Å². The molecule has 1 aliphatic carbocycles. The van der Waals surface area contributed by atoms with Crippen molar-refractivity contribution in [1.29, 1.82) is 5.26 Å². The Morgan fingerprint density at radius 1 is 1.38 bits per heavy atom.